The maximum atomic E-state index is 13.3. The maximum Gasteiger partial charge on any atom is 0.247 e. The highest BCUT2D eigenvalue weighted by Crippen LogP contribution is 2.43. The third kappa shape index (κ3) is 5.75. The van der Waals surface area contributed by atoms with Crippen molar-refractivity contribution in [1.29, 1.82) is 0 Å². The van der Waals surface area contributed by atoms with Crippen LogP contribution in [0, 0.1) is 0 Å². The predicted octanol–water partition coefficient (Wildman–Crippen LogP) is 6.44. The van der Waals surface area contributed by atoms with Crippen LogP contribution in [0.2, 0.25) is 0 Å². The lowest BCUT2D eigenvalue weighted by Crippen LogP contribution is -2.37. The predicted molar refractivity (Wildman–Crippen MR) is 139 cm³/mol. The number of hydrogen-bond donors (Lipinski definition) is 0. The molecule has 0 N–H and O–H groups in total. The van der Waals surface area contributed by atoms with Crippen molar-refractivity contribution in [2.24, 2.45) is 0 Å². The number of rotatable bonds is 10. The van der Waals surface area contributed by atoms with Gasteiger partial charge in [-0.3, -0.25) is 9.69 Å². The number of hydrogen-bond acceptors (Lipinski definition) is 7. The minimum Gasteiger partial charge on any atom is -0.494 e. The van der Waals surface area contributed by atoms with Crippen molar-refractivity contribution < 1.29 is 14.3 Å². The Hall–Kier alpha value is -3.13. The van der Waals surface area contributed by atoms with Gasteiger partial charge < -0.3 is 9.47 Å². The van der Waals surface area contributed by atoms with Crippen molar-refractivity contribution in [2.45, 2.75) is 64.3 Å². The number of para-hydroxylation sites is 1. The van der Waals surface area contributed by atoms with E-state index in [1.54, 1.807) is 16.7 Å². The van der Waals surface area contributed by atoms with E-state index in [0.717, 1.165) is 54.0 Å². The highest BCUT2D eigenvalue weighted by Gasteiger charge is 2.35. The van der Waals surface area contributed by atoms with Crippen LogP contribution in [0.1, 0.15) is 64.7 Å². The van der Waals surface area contributed by atoms with Crippen LogP contribution in [0.5, 0.6) is 11.6 Å². The van der Waals surface area contributed by atoms with Crippen LogP contribution in [-0.2, 0) is 4.79 Å². The molecule has 2 aromatic carbocycles. The normalized spacial score (nSPS) is 14.5. The third-order valence-electron chi connectivity index (χ3n) is 5.74. The first-order valence-electron chi connectivity index (χ1n) is 12.3. The quantitative estimate of drug-likeness (QED) is 0.238. The van der Waals surface area contributed by atoms with Crippen molar-refractivity contribution in [3.8, 4) is 22.9 Å². The first kappa shape index (κ1) is 25.0. The molecule has 184 valence electrons. The van der Waals surface area contributed by atoms with E-state index < -0.39 is 6.23 Å². The summed E-state index contributed by atoms with van der Waals surface area (Å²) in [7, 11) is 0. The zero-order chi connectivity index (χ0) is 24.6. The van der Waals surface area contributed by atoms with Gasteiger partial charge in [0.2, 0.25) is 23.2 Å². The zero-order valence-electron chi connectivity index (χ0n) is 20.6. The Labute approximate surface area is 211 Å². The molecule has 1 aliphatic heterocycles. The number of thioether (sulfide) groups is 1. The summed E-state index contributed by atoms with van der Waals surface area (Å²) < 4.78 is 12.3. The van der Waals surface area contributed by atoms with Crippen molar-refractivity contribution >= 4 is 23.4 Å². The third-order valence-corrected chi connectivity index (χ3v) is 6.67. The van der Waals surface area contributed by atoms with E-state index in [9.17, 15) is 4.79 Å². The Morgan fingerprint density at radius 2 is 1.80 bits per heavy atom. The number of carbonyl (C=O) groups excluding carboxylic acids is 1. The molecular weight excluding hydrogens is 460 g/mol. The van der Waals surface area contributed by atoms with E-state index in [1.165, 1.54) is 0 Å². The van der Waals surface area contributed by atoms with Crippen LogP contribution in [0.3, 0.4) is 0 Å². The maximum absolute atomic E-state index is 13.3. The number of amides is 1. The molecule has 35 heavy (non-hydrogen) atoms. The first-order valence-corrected chi connectivity index (χ1v) is 13.3. The molecule has 0 bridgehead atoms. The fourth-order valence-corrected chi connectivity index (χ4v) is 4.66. The smallest absolute Gasteiger partial charge is 0.247 e. The lowest BCUT2D eigenvalue weighted by atomic mass is 10.1. The van der Waals surface area contributed by atoms with Gasteiger partial charge in [0, 0.05) is 23.3 Å². The topological polar surface area (TPSA) is 77.4 Å². The minimum absolute atomic E-state index is 0.0518. The Balaban J connectivity index is 1.75. The molecule has 7 nitrogen and oxygen atoms in total. The molecular formula is C27H32N4O3S. The van der Waals surface area contributed by atoms with Crippen LogP contribution in [0.4, 0.5) is 5.69 Å². The summed E-state index contributed by atoms with van der Waals surface area (Å²) in [4.78, 5) is 19.7. The largest absolute Gasteiger partial charge is 0.494 e. The van der Waals surface area contributed by atoms with Gasteiger partial charge in [0.15, 0.2) is 5.69 Å². The van der Waals surface area contributed by atoms with E-state index in [1.807, 2.05) is 55.5 Å². The molecule has 1 aromatic heterocycles. The molecule has 4 rings (SSSR count). The van der Waals surface area contributed by atoms with Gasteiger partial charge in [-0.1, -0.05) is 63.6 Å². The zero-order valence-corrected chi connectivity index (χ0v) is 21.4. The fourth-order valence-electron chi connectivity index (χ4n) is 3.80. The molecule has 0 aliphatic carbocycles. The Kier molecular flexibility index (Phi) is 8.58. The Morgan fingerprint density at radius 3 is 2.54 bits per heavy atom. The van der Waals surface area contributed by atoms with Crippen LogP contribution < -0.4 is 14.4 Å². The summed E-state index contributed by atoms with van der Waals surface area (Å²) in [6, 6.07) is 15.4. The lowest BCUT2D eigenvalue weighted by Gasteiger charge is -2.30. The summed E-state index contributed by atoms with van der Waals surface area (Å²) in [5.41, 5.74) is 2.87. The average molecular weight is 493 g/mol. The van der Waals surface area contributed by atoms with E-state index in [4.69, 9.17) is 14.5 Å². The summed E-state index contributed by atoms with van der Waals surface area (Å²) in [5, 5.41) is 9.40. The van der Waals surface area contributed by atoms with E-state index in [-0.39, 0.29) is 5.91 Å². The lowest BCUT2D eigenvalue weighted by molar-refractivity contribution is -0.120. The number of fused-ring (bicyclic) bond motifs is 3. The first-order chi connectivity index (χ1) is 17.2. The average Bonchev–Trinajstić information content (AvgIpc) is 3.03. The highest BCUT2D eigenvalue weighted by molar-refractivity contribution is 7.99. The van der Waals surface area contributed by atoms with Crippen molar-refractivity contribution in [3.63, 3.8) is 0 Å². The molecule has 1 aliphatic rings. The molecule has 3 aromatic rings. The van der Waals surface area contributed by atoms with Crippen molar-refractivity contribution in [1.82, 2.24) is 15.2 Å². The molecule has 0 spiro atoms. The number of unbranched alkanes of at least 4 members (excludes halogenated alkanes) is 2. The number of anilines is 1. The van der Waals surface area contributed by atoms with Crippen molar-refractivity contribution in [3.05, 3.63) is 54.1 Å². The fraction of sp³-hybridized carbons (Fsp3) is 0.407. The number of carbonyl (C=O) groups is 1. The van der Waals surface area contributed by atoms with E-state index >= 15 is 0 Å². The number of aromatic nitrogens is 3. The molecule has 1 atom stereocenters. The van der Waals surface area contributed by atoms with Gasteiger partial charge in [-0.25, -0.2) is 0 Å². The summed E-state index contributed by atoms with van der Waals surface area (Å²) in [6.45, 7) is 6.82. The van der Waals surface area contributed by atoms with Crippen LogP contribution >= 0.6 is 11.8 Å². The molecule has 0 fully saturated rings. The Morgan fingerprint density at radius 1 is 1.03 bits per heavy atom. The van der Waals surface area contributed by atoms with Gasteiger partial charge in [0.25, 0.3) is 0 Å². The second-order valence-corrected chi connectivity index (χ2v) is 9.39. The van der Waals surface area contributed by atoms with Gasteiger partial charge in [-0.05, 0) is 43.2 Å². The molecule has 0 unspecified atom stereocenters. The summed E-state index contributed by atoms with van der Waals surface area (Å²) >= 11 is 1.56. The van der Waals surface area contributed by atoms with E-state index in [2.05, 4.69) is 24.0 Å². The standard InChI is InChI=1S/C27H32N4O3S/c1-4-7-17-33-20-15-13-19(14-16-20)26-31(23(32)6-3)22-12-10-9-11-21(22)24-25(34-26)28-27(30-29-24)35-18-8-5-2/h9-16,26H,4-8,17-18H2,1-3H3/t26-/m0/s1. The summed E-state index contributed by atoms with van der Waals surface area (Å²) in [5.74, 6) is 2.04. The second-order valence-electron chi connectivity index (χ2n) is 8.33. The van der Waals surface area contributed by atoms with Gasteiger partial charge in [-0.2, -0.15) is 4.98 Å². The molecule has 1 amide bonds. The van der Waals surface area contributed by atoms with Gasteiger partial charge >= 0.3 is 0 Å². The van der Waals surface area contributed by atoms with E-state index in [0.29, 0.717) is 29.8 Å². The molecule has 0 radical (unpaired) electrons. The Bertz CT molecular complexity index is 1140. The summed E-state index contributed by atoms with van der Waals surface area (Å²) in [6.07, 6.45) is 3.90. The number of ether oxygens (including phenoxy) is 2. The van der Waals surface area contributed by atoms with Gasteiger partial charge in [0.1, 0.15) is 5.75 Å². The molecule has 0 saturated heterocycles. The minimum atomic E-state index is -0.695. The monoisotopic (exact) mass is 492 g/mol. The number of benzene rings is 2. The van der Waals surface area contributed by atoms with Crippen LogP contribution in [-0.4, -0.2) is 33.4 Å². The SMILES string of the molecule is CCCCOc1ccc([C@@H]2Oc3nc(SCCCC)nnc3-c3ccccc3N2C(=O)CC)cc1. The second kappa shape index (κ2) is 12.0. The van der Waals surface area contributed by atoms with Crippen molar-refractivity contribution in [2.75, 3.05) is 17.3 Å². The van der Waals surface area contributed by atoms with Gasteiger partial charge in [-0.15, -0.1) is 10.2 Å². The number of nitrogens with zero attached hydrogens (tertiary/aromatic N) is 4. The molecule has 0 saturated carbocycles. The van der Waals surface area contributed by atoms with Gasteiger partial charge in [0.05, 0.1) is 12.3 Å². The van der Waals surface area contributed by atoms with Crippen LogP contribution in [0.25, 0.3) is 11.3 Å². The van der Waals surface area contributed by atoms with Crippen LogP contribution in [0.15, 0.2) is 53.7 Å². The molecule has 8 heteroatoms. The molecule has 2 heterocycles. The highest BCUT2D eigenvalue weighted by atomic mass is 32.2.